The summed E-state index contributed by atoms with van der Waals surface area (Å²) < 4.78 is 9.36. The Morgan fingerprint density at radius 2 is 1.04 bits per heavy atom. The molecule has 0 amide bonds. The van der Waals surface area contributed by atoms with Crippen LogP contribution in [-0.2, 0) is 0 Å². The van der Waals surface area contributed by atoms with Crippen molar-refractivity contribution in [1.82, 2.24) is 0 Å². The summed E-state index contributed by atoms with van der Waals surface area (Å²) in [5.74, 6) is 0. The van der Waals surface area contributed by atoms with E-state index < -0.39 is 0 Å². The highest BCUT2D eigenvalue weighted by atomic mass is 32.1. The van der Waals surface area contributed by atoms with Gasteiger partial charge in [-0.25, -0.2) is 0 Å². The lowest BCUT2D eigenvalue weighted by molar-refractivity contribution is 0.673. The predicted molar refractivity (Wildman–Crippen MR) is 210 cm³/mol. The second-order valence-electron chi connectivity index (χ2n) is 12.5. The second kappa shape index (κ2) is 11.2. The van der Waals surface area contributed by atoms with Crippen LogP contribution in [0.5, 0.6) is 0 Å². The Labute approximate surface area is 287 Å². The van der Waals surface area contributed by atoms with Crippen LogP contribution in [0.25, 0.3) is 75.1 Å². The first-order valence-corrected chi connectivity index (χ1v) is 17.4. The van der Waals surface area contributed by atoms with Crippen molar-refractivity contribution in [2.75, 3.05) is 4.90 Å². The van der Waals surface area contributed by atoms with E-state index in [0.29, 0.717) is 0 Å². The molecular weight excluding hydrogens is 615 g/mol. The molecule has 10 rings (SSSR count). The lowest BCUT2D eigenvalue weighted by Gasteiger charge is -2.26. The summed E-state index contributed by atoms with van der Waals surface area (Å²) >= 11 is 1.85. The lowest BCUT2D eigenvalue weighted by Crippen LogP contribution is -2.10. The van der Waals surface area contributed by atoms with Gasteiger partial charge in [0.1, 0.15) is 11.2 Å². The molecule has 49 heavy (non-hydrogen) atoms. The molecule has 0 aliphatic heterocycles. The highest BCUT2D eigenvalue weighted by Crippen LogP contribution is 2.47. The maximum atomic E-state index is 6.81. The molecule has 0 radical (unpaired) electrons. The van der Waals surface area contributed by atoms with Gasteiger partial charge in [0.15, 0.2) is 0 Å². The fourth-order valence-electron chi connectivity index (χ4n) is 7.35. The quantitative estimate of drug-likeness (QED) is 0.186. The third-order valence-corrected chi connectivity index (χ3v) is 10.9. The summed E-state index contributed by atoms with van der Waals surface area (Å²) in [4.78, 5) is 2.38. The fraction of sp³-hybridized carbons (Fsp3) is 0. The van der Waals surface area contributed by atoms with Crippen molar-refractivity contribution < 1.29 is 4.42 Å². The maximum absolute atomic E-state index is 6.81. The summed E-state index contributed by atoms with van der Waals surface area (Å²) in [5.41, 5.74) is 9.91. The molecule has 0 aliphatic rings. The monoisotopic (exact) mass is 643 g/mol. The Balaban J connectivity index is 1.20. The van der Waals surface area contributed by atoms with Crippen LogP contribution >= 0.6 is 11.3 Å². The lowest BCUT2D eigenvalue weighted by atomic mass is 9.95. The zero-order valence-electron chi connectivity index (χ0n) is 26.5. The minimum Gasteiger partial charge on any atom is -0.455 e. The number of hydrogen-bond donors (Lipinski definition) is 0. The van der Waals surface area contributed by atoms with Crippen LogP contribution in [0.2, 0.25) is 0 Å². The summed E-state index contributed by atoms with van der Waals surface area (Å²) in [7, 11) is 0. The number of benzene rings is 8. The van der Waals surface area contributed by atoms with E-state index in [1.165, 1.54) is 47.8 Å². The van der Waals surface area contributed by atoms with E-state index in [9.17, 15) is 0 Å². The summed E-state index contributed by atoms with van der Waals surface area (Å²) in [6, 6.07) is 63.0. The molecule has 0 unspecified atom stereocenters. The highest BCUT2D eigenvalue weighted by Gasteiger charge is 2.21. The van der Waals surface area contributed by atoms with E-state index in [-0.39, 0.29) is 0 Å². The molecule has 0 fully saturated rings. The SMILES string of the molecule is c1ccc(-c2ccc(N(c3ccc4c(c3)oc3c5ccccc5c(-c5ccccc5)cc43)c3cccc4c3sc3ccccc34)cc2)cc1. The maximum Gasteiger partial charge on any atom is 0.143 e. The van der Waals surface area contributed by atoms with Gasteiger partial charge in [0, 0.05) is 49.1 Å². The minimum atomic E-state index is 0.872. The first-order valence-electron chi connectivity index (χ1n) is 16.6. The third-order valence-electron chi connectivity index (χ3n) is 9.66. The molecule has 0 atom stereocenters. The normalized spacial score (nSPS) is 11.7. The molecule has 8 aromatic carbocycles. The van der Waals surface area contributed by atoms with Crippen LogP contribution in [-0.4, -0.2) is 0 Å². The summed E-state index contributed by atoms with van der Waals surface area (Å²) in [6.07, 6.45) is 0. The van der Waals surface area contributed by atoms with Gasteiger partial charge in [0.05, 0.1) is 10.4 Å². The average Bonchev–Trinajstić information content (AvgIpc) is 3.74. The van der Waals surface area contributed by atoms with Gasteiger partial charge >= 0.3 is 0 Å². The Hall–Kier alpha value is -6.16. The molecule has 10 aromatic rings. The van der Waals surface area contributed by atoms with E-state index in [1.807, 2.05) is 11.3 Å². The van der Waals surface area contributed by atoms with E-state index in [1.54, 1.807) is 0 Å². The van der Waals surface area contributed by atoms with Gasteiger partial charge in [0.2, 0.25) is 0 Å². The van der Waals surface area contributed by atoms with E-state index in [4.69, 9.17) is 4.42 Å². The molecule has 0 bridgehead atoms. The van der Waals surface area contributed by atoms with Gasteiger partial charge in [-0.2, -0.15) is 0 Å². The third kappa shape index (κ3) is 4.55. The van der Waals surface area contributed by atoms with Gasteiger partial charge in [-0.1, -0.05) is 127 Å². The zero-order valence-corrected chi connectivity index (χ0v) is 27.3. The van der Waals surface area contributed by atoms with Crippen LogP contribution in [0.1, 0.15) is 0 Å². The van der Waals surface area contributed by atoms with E-state index in [2.05, 4.69) is 181 Å². The number of furan rings is 1. The number of thiophene rings is 1. The van der Waals surface area contributed by atoms with Gasteiger partial charge in [-0.15, -0.1) is 11.3 Å². The van der Waals surface area contributed by atoms with Gasteiger partial charge in [0.25, 0.3) is 0 Å². The average molecular weight is 644 g/mol. The van der Waals surface area contributed by atoms with Crippen molar-refractivity contribution >= 4 is 81.3 Å². The first-order chi connectivity index (χ1) is 24.3. The summed E-state index contributed by atoms with van der Waals surface area (Å²) in [5, 5.41) is 7.12. The number of anilines is 3. The molecule has 2 aromatic heterocycles. The number of nitrogens with zero attached hydrogens (tertiary/aromatic N) is 1. The molecule has 3 heteroatoms. The second-order valence-corrected chi connectivity index (χ2v) is 13.5. The minimum absolute atomic E-state index is 0.872. The molecule has 0 N–H and O–H groups in total. The number of rotatable bonds is 5. The standard InChI is InChI=1S/C46H29NOS/c1-3-12-30(13-4-1)31-22-24-33(25-23-31)47(42-20-11-19-39-37-17-9-10-21-44(37)49-46(39)42)34-26-27-36-41-29-40(32-14-5-2-6-15-32)35-16-7-8-18-38(35)45(41)48-43(36)28-34/h1-29H. The van der Waals surface area contributed by atoms with Crippen LogP contribution in [0.3, 0.4) is 0 Å². The van der Waals surface area contributed by atoms with Gasteiger partial charge in [-0.05, 0) is 70.1 Å². The topological polar surface area (TPSA) is 16.4 Å². The van der Waals surface area contributed by atoms with E-state index >= 15 is 0 Å². The Morgan fingerprint density at radius 1 is 0.408 bits per heavy atom. The van der Waals surface area contributed by atoms with Crippen molar-refractivity contribution in [3.8, 4) is 22.3 Å². The van der Waals surface area contributed by atoms with E-state index in [0.717, 1.165) is 44.4 Å². The highest BCUT2D eigenvalue weighted by molar-refractivity contribution is 7.26. The van der Waals surface area contributed by atoms with Gasteiger partial charge in [-0.3, -0.25) is 0 Å². The van der Waals surface area contributed by atoms with Crippen molar-refractivity contribution in [3.63, 3.8) is 0 Å². The van der Waals surface area contributed by atoms with Crippen molar-refractivity contribution in [1.29, 1.82) is 0 Å². The molecule has 0 saturated carbocycles. The van der Waals surface area contributed by atoms with Crippen molar-refractivity contribution in [2.45, 2.75) is 0 Å². The molecule has 2 heterocycles. The Kier molecular flexibility index (Phi) is 6.39. The Bertz CT molecular complexity index is 2810. The molecule has 0 spiro atoms. The fourth-order valence-corrected chi connectivity index (χ4v) is 8.56. The first kappa shape index (κ1) is 27.9. The number of fused-ring (bicyclic) bond motifs is 8. The molecule has 2 nitrogen and oxygen atoms in total. The summed E-state index contributed by atoms with van der Waals surface area (Å²) in [6.45, 7) is 0. The van der Waals surface area contributed by atoms with Crippen LogP contribution in [0.4, 0.5) is 17.1 Å². The zero-order chi connectivity index (χ0) is 32.3. The Morgan fingerprint density at radius 3 is 1.84 bits per heavy atom. The smallest absolute Gasteiger partial charge is 0.143 e. The van der Waals surface area contributed by atoms with Crippen molar-refractivity contribution in [2.24, 2.45) is 0 Å². The molecular formula is C46H29NOS. The largest absolute Gasteiger partial charge is 0.455 e. The molecule has 230 valence electrons. The van der Waals surface area contributed by atoms with Crippen LogP contribution in [0, 0.1) is 0 Å². The van der Waals surface area contributed by atoms with Crippen LogP contribution in [0.15, 0.2) is 180 Å². The molecule has 0 saturated heterocycles. The van der Waals surface area contributed by atoms with Gasteiger partial charge < -0.3 is 9.32 Å². The van der Waals surface area contributed by atoms with Crippen LogP contribution < -0.4 is 4.90 Å². The molecule has 0 aliphatic carbocycles. The van der Waals surface area contributed by atoms with Crippen molar-refractivity contribution in [3.05, 3.63) is 176 Å². The number of hydrogen-bond acceptors (Lipinski definition) is 3. The predicted octanol–water partition coefficient (Wildman–Crippen LogP) is 13.9.